The second-order valence-electron chi connectivity index (χ2n) is 5.83. The molecule has 0 saturated heterocycles. The van der Waals surface area contributed by atoms with Crippen molar-refractivity contribution in [1.29, 1.82) is 0 Å². The van der Waals surface area contributed by atoms with Gasteiger partial charge in [-0.1, -0.05) is 59.6 Å². The van der Waals surface area contributed by atoms with Crippen molar-refractivity contribution in [3.05, 3.63) is 53.0 Å². The largest absolute Gasteiger partial charge is 0.356 e. The second-order valence-corrected chi connectivity index (χ2v) is 6.75. The summed E-state index contributed by atoms with van der Waals surface area (Å²) >= 11 is 3.58. The van der Waals surface area contributed by atoms with Gasteiger partial charge in [0.1, 0.15) is 5.82 Å². The highest BCUT2D eigenvalue weighted by molar-refractivity contribution is 9.10. The first-order valence-electron chi connectivity index (χ1n) is 8.50. The van der Waals surface area contributed by atoms with Crippen molar-refractivity contribution in [3.63, 3.8) is 0 Å². The number of aromatic nitrogens is 2. The van der Waals surface area contributed by atoms with Gasteiger partial charge in [-0.2, -0.15) is 0 Å². The summed E-state index contributed by atoms with van der Waals surface area (Å²) in [5.74, 6) is 1.81. The Hall–Kier alpha value is -1.94. The van der Waals surface area contributed by atoms with E-state index in [9.17, 15) is 0 Å². The van der Waals surface area contributed by atoms with E-state index >= 15 is 0 Å². The molecule has 0 aliphatic rings. The molecule has 3 aromatic rings. The van der Waals surface area contributed by atoms with E-state index < -0.39 is 0 Å². The van der Waals surface area contributed by atoms with Gasteiger partial charge < -0.3 is 4.90 Å². The number of nitrogens with zero attached hydrogens (tertiary/aromatic N) is 3. The molecule has 0 aliphatic heterocycles. The van der Waals surface area contributed by atoms with Gasteiger partial charge in [-0.15, -0.1) is 0 Å². The normalized spacial score (nSPS) is 11.0. The molecule has 0 unspecified atom stereocenters. The van der Waals surface area contributed by atoms with Crippen molar-refractivity contribution in [2.75, 3.05) is 18.0 Å². The minimum Gasteiger partial charge on any atom is -0.356 e. The molecule has 0 amide bonds. The third kappa shape index (κ3) is 3.59. The molecule has 2 aromatic carbocycles. The van der Waals surface area contributed by atoms with E-state index in [1.165, 1.54) is 6.42 Å². The zero-order valence-electron chi connectivity index (χ0n) is 14.2. The molecule has 0 spiro atoms. The van der Waals surface area contributed by atoms with Gasteiger partial charge >= 0.3 is 0 Å². The van der Waals surface area contributed by atoms with E-state index in [1.807, 2.05) is 24.3 Å². The quantitative estimate of drug-likeness (QED) is 0.547. The number of hydrogen-bond acceptors (Lipinski definition) is 3. The summed E-state index contributed by atoms with van der Waals surface area (Å²) < 4.78 is 1.05. The van der Waals surface area contributed by atoms with Gasteiger partial charge in [-0.3, -0.25) is 0 Å². The lowest BCUT2D eigenvalue weighted by molar-refractivity contribution is 0.726. The number of halogens is 1. The topological polar surface area (TPSA) is 29.0 Å². The fourth-order valence-corrected chi connectivity index (χ4v) is 3.17. The molecule has 124 valence electrons. The average molecular weight is 384 g/mol. The third-order valence-corrected chi connectivity index (χ3v) is 4.63. The van der Waals surface area contributed by atoms with Crippen LogP contribution in [0.15, 0.2) is 53.0 Å². The monoisotopic (exact) mass is 383 g/mol. The van der Waals surface area contributed by atoms with Crippen molar-refractivity contribution >= 4 is 32.7 Å². The molecule has 0 N–H and O–H groups in total. The Kier molecular flexibility index (Phi) is 5.46. The molecule has 0 atom stereocenters. The SMILES string of the molecule is CCCCN(CC)c1nc(-c2ccccc2)nc2ccc(Br)cc12. The second kappa shape index (κ2) is 7.75. The number of fused-ring (bicyclic) bond motifs is 1. The minimum absolute atomic E-state index is 0.787. The predicted molar refractivity (Wildman–Crippen MR) is 105 cm³/mol. The van der Waals surface area contributed by atoms with Crippen LogP contribution in [0.2, 0.25) is 0 Å². The summed E-state index contributed by atoms with van der Waals surface area (Å²) in [5, 5.41) is 1.10. The third-order valence-electron chi connectivity index (χ3n) is 4.13. The van der Waals surface area contributed by atoms with E-state index in [4.69, 9.17) is 9.97 Å². The Balaban J connectivity index is 2.18. The predicted octanol–water partition coefficient (Wildman–Crippen LogP) is 5.69. The highest BCUT2D eigenvalue weighted by atomic mass is 79.9. The molecule has 0 bridgehead atoms. The van der Waals surface area contributed by atoms with Crippen LogP contribution in [0.5, 0.6) is 0 Å². The first-order valence-corrected chi connectivity index (χ1v) is 9.30. The maximum absolute atomic E-state index is 4.93. The fraction of sp³-hybridized carbons (Fsp3) is 0.300. The lowest BCUT2D eigenvalue weighted by Crippen LogP contribution is -2.25. The van der Waals surface area contributed by atoms with Gasteiger partial charge in [0.25, 0.3) is 0 Å². The van der Waals surface area contributed by atoms with Gasteiger partial charge in [0.2, 0.25) is 0 Å². The zero-order chi connectivity index (χ0) is 16.9. The van der Waals surface area contributed by atoms with Gasteiger partial charge in [0, 0.05) is 28.5 Å². The fourth-order valence-electron chi connectivity index (χ4n) is 2.80. The smallest absolute Gasteiger partial charge is 0.162 e. The van der Waals surface area contributed by atoms with Crippen molar-refractivity contribution in [3.8, 4) is 11.4 Å². The van der Waals surface area contributed by atoms with E-state index in [-0.39, 0.29) is 0 Å². The lowest BCUT2D eigenvalue weighted by atomic mass is 10.1. The number of rotatable bonds is 6. The van der Waals surface area contributed by atoms with Crippen molar-refractivity contribution < 1.29 is 0 Å². The summed E-state index contributed by atoms with van der Waals surface area (Å²) in [7, 11) is 0. The van der Waals surface area contributed by atoms with Gasteiger partial charge in [0.15, 0.2) is 5.82 Å². The van der Waals surface area contributed by atoms with E-state index in [0.29, 0.717) is 0 Å². The van der Waals surface area contributed by atoms with E-state index in [1.54, 1.807) is 0 Å². The Morgan fingerprint density at radius 2 is 1.79 bits per heavy atom. The molecule has 3 rings (SSSR count). The Labute approximate surface area is 151 Å². The van der Waals surface area contributed by atoms with E-state index in [0.717, 1.165) is 52.1 Å². The number of anilines is 1. The summed E-state index contributed by atoms with van der Waals surface area (Å²) in [6.07, 6.45) is 2.34. The summed E-state index contributed by atoms with van der Waals surface area (Å²) in [4.78, 5) is 12.1. The molecule has 3 nitrogen and oxygen atoms in total. The number of benzene rings is 2. The molecule has 0 saturated carbocycles. The highest BCUT2D eigenvalue weighted by Gasteiger charge is 2.14. The van der Waals surface area contributed by atoms with Crippen LogP contribution in [0.25, 0.3) is 22.3 Å². The zero-order valence-corrected chi connectivity index (χ0v) is 15.8. The molecule has 1 aromatic heterocycles. The van der Waals surface area contributed by atoms with Gasteiger partial charge in [-0.25, -0.2) is 9.97 Å². The summed E-state index contributed by atoms with van der Waals surface area (Å²) in [6.45, 7) is 6.36. The molecular weight excluding hydrogens is 362 g/mol. The Morgan fingerprint density at radius 3 is 2.50 bits per heavy atom. The van der Waals surface area contributed by atoms with Crippen molar-refractivity contribution in [2.45, 2.75) is 26.7 Å². The summed E-state index contributed by atoms with van der Waals surface area (Å²) in [6, 6.07) is 16.4. The standard InChI is InChI=1S/C20H22BrN3/c1-3-5-13-24(4-2)20-17-14-16(21)11-12-18(17)22-19(23-20)15-9-7-6-8-10-15/h6-12,14H,3-5,13H2,1-2H3. The molecule has 0 radical (unpaired) electrons. The van der Waals surface area contributed by atoms with Crippen LogP contribution in [0.3, 0.4) is 0 Å². The van der Waals surface area contributed by atoms with Crippen molar-refractivity contribution in [2.24, 2.45) is 0 Å². The van der Waals surface area contributed by atoms with Crippen LogP contribution in [0.4, 0.5) is 5.82 Å². The van der Waals surface area contributed by atoms with Gasteiger partial charge in [0.05, 0.1) is 5.52 Å². The molecule has 0 aliphatic carbocycles. The van der Waals surface area contributed by atoms with Crippen LogP contribution in [-0.4, -0.2) is 23.1 Å². The molecule has 4 heteroatoms. The molecule has 24 heavy (non-hydrogen) atoms. The van der Waals surface area contributed by atoms with Crippen LogP contribution >= 0.6 is 15.9 Å². The van der Waals surface area contributed by atoms with Crippen LogP contribution in [-0.2, 0) is 0 Å². The Morgan fingerprint density at radius 1 is 1.00 bits per heavy atom. The first kappa shape index (κ1) is 16.9. The minimum atomic E-state index is 0.787. The number of unbranched alkanes of at least 4 members (excludes halogenated alkanes) is 1. The van der Waals surface area contributed by atoms with Crippen molar-refractivity contribution in [1.82, 2.24) is 9.97 Å². The van der Waals surface area contributed by atoms with Crippen LogP contribution in [0.1, 0.15) is 26.7 Å². The van der Waals surface area contributed by atoms with Gasteiger partial charge in [-0.05, 0) is 31.5 Å². The molecule has 0 fully saturated rings. The lowest BCUT2D eigenvalue weighted by Gasteiger charge is -2.24. The maximum atomic E-state index is 4.93. The maximum Gasteiger partial charge on any atom is 0.162 e. The number of hydrogen-bond donors (Lipinski definition) is 0. The van der Waals surface area contributed by atoms with Crippen LogP contribution in [0, 0.1) is 0 Å². The molecular formula is C20H22BrN3. The van der Waals surface area contributed by atoms with Crippen LogP contribution < -0.4 is 4.90 Å². The average Bonchev–Trinajstić information content (AvgIpc) is 2.63. The Bertz CT molecular complexity index is 818. The van der Waals surface area contributed by atoms with E-state index in [2.05, 4.69) is 58.9 Å². The first-order chi connectivity index (χ1) is 11.7. The highest BCUT2D eigenvalue weighted by Crippen LogP contribution is 2.30. The molecule has 1 heterocycles. The summed E-state index contributed by atoms with van der Waals surface area (Å²) in [5.41, 5.74) is 2.03.